The van der Waals surface area contributed by atoms with E-state index in [1.807, 2.05) is 0 Å². The molecular formula is C13H24N2O2. The Kier molecular flexibility index (Phi) is 4.40. The zero-order chi connectivity index (χ0) is 12.3. The van der Waals surface area contributed by atoms with Crippen LogP contribution in [0.25, 0.3) is 0 Å². The quantitative estimate of drug-likeness (QED) is 0.621. The van der Waals surface area contributed by atoms with Crippen LogP contribution in [0.3, 0.4) is 0 Å². The molecule has 1 saturated heterocycles. The van der Waals surface area contributed by atoms with E-state index in [-0.39, 0.29) is 24.0 Å². The Morgan fingerprint density at radius 2 is 2.00 bits per heavy atom. The molecule has 4 nitrogen and oxygen atoms in total. The predicted molar refractivity (Wildman–Crippen MR) is 66.5 cm³/mol. The lowest BCUT2D eigenvalue weighted by molar-refractivity contribution is -0.127. The number of hydrogen-bond donors (Lipinski definition) is 3. The van der Waals surface area contributed by atoms with Crippen molar-refractivity contribution in [2.45, 2.75) is 51.2 Å². The number of carbonyl (C=O) groups is 1. The fraction of sp³-hybridized carbons (Fsp3) is 0.923. The molecule has 1 amide bonds. The minimum absolute atomic E-state index is 0.0298. The highest BCUT2D eigenvalue weighted by molar-refractivity contribution is 5.79. The highest BCUT2D eigenvalue weighted by Gasteiger charge is 2.32. The van der Waals surface area contributed by atoms with Gasteiger partial charge in [-0.15, -0.1) is 0 Å². The van der Waals surface area contributed by atoms with Gasteiger partial charge in [-0.2, -0.15) is 0 Å². The molecule has 2 aliphatic rings. The lowest BCUT2D eigenvalue weighted by Gasteiger charge is -2.24. The molecule has 0 radical (unpaired) electrons. The molecule has 98 valence electrons. The van der Waals surface area contributed by atoms with Crippen LogP contribution in [-0.2, 0) is 4.79 Å². The van der Waals surface area contributed by atoms with E-state index in [0.717, 1.165) is 38.8 Å². The number of hydrogen-bond acceptors (Lipinski definition) is 3. The lowest BCUT2D eigenvalue weighted by atomic mass is 9.96. The SMILES string of the molecule is C[C@@H]1CNC[C@H]1C(=O)NC1CCCCCC1O. The average Bonchev–Trinajstić information content (AvgIpc) is 2.63. The predicted octanol–water partition coefficient (Wildman–Crippen LogP) is 0.652. The largest absolute Gasteiger partial charge is 0.391 e. The summed E-state index contributed by atoms with van der Waals surface area (Å²) in [5.41, 5.74) is 0. The van der Waals surface area contributed by atoms with Gasteiger partial charge in [-0.1, -0.05) is 26.2 Å². The maximum Gasteiger partial charge on any atom is 0.225 e. The van der Waals surface area contributed by atoms with E-state index in [4.69, 9.17) is 0 Å². The van der Waals surface area contributed by atoms with Gasteiger partial charge >= 0.3 is 0 Å². The molecule has 1 saturated carbocycles. The number of carbonyl (C=O) groups excluding carboxylic acids is 1. The van der Waals surface area contributed by atoms with E-state index in [1.165, 1.54) is 6.42 Å². The van der Waals surface area contributed by atoms with Gasteiger partial charge in [0.2, 0.25) is 5.91 Å². The molecule has 0 bridgehead atoms. The molecule has 3 N–H and O–H groups in total. The maximum atomic E-state index is 12.1. The van der Waals surface area contributed by atoms with Crippen molar-refractivity contribution in [1.82, 2.24) is 10.6 Å². The minimum atomic E-state index is -0.355. The van der Waals surface area contributed by atoms with Gasteiger partial charge in [0, 0.05) is 6.54 Å². The second kappa shape index (κ2) is 5.83. The Labute approximate surface area is 103 Å². The van der Waals surface area contributed by atoms with E-state index < -0.39 is 0 Å². The molecule has 2 fully saturated rings. The van der Waals surface area contributed by atoms with Gasteiger partial charge in [-0.3, -0.25) is 4.79 Å². The fourth-order valence-electron chi connectivity index (χ4n) is 2.91. The molecule has 2 rings (SSSR count). The summed E-state index contributed by atoms with van der Waals surface area (Å²) in [6.07, 6.45) is 4.75. The Bertz CT molecular complexity index is 270. The van der Waals surface area contributed by atoms with Crippen LogP contribution in [0, 0.1) is 11.8 Å². The van der Waals surface area contributed by atoms with Crippen LogP contribution in [0.1, 0.15) is 39.0 Å². The number of rotatable bonds is 2. The summed E-state index contributed by atoms with van der Waals surface area (Å²) in [6.45, 7) is 3.80. The van der Waals surface area contributed by atoms with Gasteiger partial charge in [0.05, 0.1) is 18.1 Å². The first-order valence-corrected chi connectivity index (χ1v) is 6.87. The molecule has 0 aromatic rings. The molecule has 17 heavy (non-hydrogen) atoms. The molecule has 4 heteroatoms. The molecule has 1 heterocycles. The normalized spacial score (nSPS) is 38.7. The summed E-state index contributed by atoms with van der Waals surface area (Å²) in [5.74, 6) is 0.594. The van der Waals surface area contributed by atoms with Crippen LogP contribution in [-0.4, -0.2) is 36.2 Å². The summed E-state index contributed by atoms with van der Waals surface area (Å²) in [4.78, 5) is 12.1. The molecule has 1 aliphatic heterocycles. The van der Waals surface area contributed by atoms with Crippen molar-refractivity contribution in [2.75, 3.05) is 13.1 Å². The third-order valence-electron chi connectivity index (χ3n) is 4.16. The van der Waals surface area contributed by atoms with Gasteiger partial charge in [-0.25, -0.2) is 0 Å². The minimum Gasteiger partial charge on any atom is -0.391 e. The topological polar surface area (TPSA) is 61.4 Å². The summed E-state index contributed by atoms with van der Waals surface area (Å²) >= 11 is 0. The number of amides is 1. The van der Waals surface area contributed by atoms with E-state index >= 15 is 0 Å². The van der Waals surface area contributed by atoms with Crippen molar-refractivity contribution in [3.05, 3.63) is 0 Å². The Balaban J connectivity index is 1.88. The Hall–Kier alpha value is -0.610. The van der Waals surface area contributed by atoms with Gasteiger partial charge < -0.3 is 15.7 Å². The second-order valence-electron chi connectivity index (χ2n) is 5.56. The van der Waals surface area contributed by atoms with Crippen molar-refractivity contribution < 1.29 is 9.90 Å². The van der Waals surface area contributed by atoms with E-state index in [9.17, 15) is 9.90 Å². The monoisotopic (exact) mass is 240 g/mol. The van der Waals surface area contributed by atoms with Gasteiger partial charge in [0.1, 0.15) is 0 Å². The molecular weight excluding hydrogens is 216 g/mol. The van der Waals surface area contributed by atoms with Crippen LogP contribution in [0.2, 0.25) is 0 Å². The standard InChI is InChI=1S/C13H24N2O2/c1-9-7-14-8-10(9)13(17)15-11-5-3-2-4-6-12(11)16/h9-12,14,16H,2-8H2,1H3,(H,15,17)/t9-,10-,11?,12?/m1/s1. The van der Waals surface area contributed by atoms with Crippen molar-refractivity contribution in [2.24, 2.45) is 11.8 Å². The average molecular weight is 240 g/mol. The van der Waals surface area contributed by atoms with Gasteiger partial charge in [0.25, 0.3) is 0 Å². The van der Waals surface area contributed by atoms with E-state index in [1.54, 1.807) is 0 Å². The van der Waals surface area contributed by atoms with E-state index in [0.29, 0.717) is 5.92 Å². The highest BCUT2D eigenvalue weighted by Crippen LogP contribution is 2.20. The Morgan fingerprint density at radius 3 is 2.71 bits per heavy atom. The molecule has 0 aromatic heterocycles. The van der Waals surface area contributed by atoms with Crippen molar-refractivity contribution in [1.29, 1.82) is 0 Å². The second-order valence-corrected chi connectivity index (χ2v) is 5.56. The summed E-state index contributed by atoms with van der Waals surface area (Å²) in [6, 6.07) is -0.0298. The zero-order valence-corrected chi connectivity index (χ0v) is 10.6. The first-order chi connectivity index (χ1) is 8.18. The highest BCUT2D eigenvalue weighted by atomic mass is 16.3. The maximum absolute atomic E-state index is 12.1. The van der Waals surface area contributed by atoms with Crippen LogP contribution < -0.4 is 10.6 Å². The molecule has 2 unspecified atom stereocenters. The third-order valence-corrected chi connectivity index (χ3v) is 4.16. The fourth-order valence-corrected chi connectivity index (χ4v) is 2.91. The van der Waals surface area contributed by atoms with Gasteiger partial charge in [0.15, 0.2) is 0 Å². The van der Waals surface area contributed by atoms with Gasteiger partial charge in [-0.05, 0) is 25.3 Å². The third kappa shape index (κ3) is 3.19. The van der Waals surface area contributed by atoms with Crippen LogP contribution >= 0.6 is 0 Å². The summed E-state index contributed by atoms with van der Waals surface area (Å²) in [5, 5.41) is 16.3. The van der Waals surface area contributed by atoms with Crippen LogP contribution in [0.5, 0.6) is 0 Å². The van der Waals surface area contributed by atoms with Crippen molar-refractivity contribution in [3.63, 3.8) is 0 Å². The first-order valence-electron chi connectivity index (χ1n) is 6.87. The number of nitrogens with one attached hydrogen (secondary N) is 2. The lowest BCUT2D eigenvalue weighted by Crippen LogP contribution is -2.46. The van der Waals surface area contributed by atoms with Crippen molar-refractivity contribution in [3.8, 4) is 0 Å². The summed E-state index contributed by atoms with van der Waals surface area (Å²) < 4.78 is 0. The first kappa shape index (κ1) is 12.8. The zero-order valence-electron chi connectivity index (χ0n) is 10.6. The van der Waals surface area contributed by atoms with Crippen molar-refractivity contribution >= 4 is 5.91 Å². The number of aliphatic hydroxyl groups excluding tert-OH is 1. The molecule has 0 spiro atoms. The molecule has 4 atom stereocenters. The summed E-state index contributed by atoms with van der Waals surface area (Å²) in [7, 11) is 0. The Morgan fingerprint density at radius 1 is 1.24 bits per heavy atom. The van der Waals surface area contributed by atoms with Crippen LogP contribution in [0.4, 0.5) is 0 Å². The number of aliphatic hydroxyl groups is 1. The molecule has 0 aromatic carbocycles. The van der Waals surface area contributed by atoms with E-state index in [2.05, 4.69) is 17.6 Å². The smallest absolute Gasteiger partial charge is 0.225 e. The molecule has 1 aliphatic carbocycles. The van der Waals surface area contributed by atoms with Crippen LogP contribution in [0.15, 0.2) is 0 Å².